The number of aromatic amines is 2. The molecule has 4 unspecified atom stereocenters. The fourth-order valence-corrected chi connectivity index (χ4v) is 12.2. The van der Waals surface area contributed by atoms with E-state index < -0.39 is 10.2 Å². The van der Waals surface area contributed by atoms with Crippen molar-refractivity contribution in [2.45, 2.75) is 47.3 Å². The van der Waals surface area contributed by atoms with Crippen LogP contribution < -0.4 is 18.6 Å². The van der Waals surface area contributed by atoms with E-state index in [1.54, 1.807) is 0 Å². The summed E-state index contributed by atoms with van der Waals surface area (Å²) in [5, 5.41) is 0. The number of fused-ring (bicyclic) bond motifs is 8. The largest absolute Gasteiger partial charge is 0.354 e. The van der Waals surface area contributed by atoms with Gasteiger partial charge in [0.15, 0.2) is 19.6 Å². The molecule has 2 aliphatic heterocycles. The number of hydrogen-bond acceptors (Lipinski definition) is 6. The molecule has 0 radical (unpaired) electrons. The monoisotopic (exact) mass is 1010 g/mol. The fraction of sp³-hybridized carbons (Fsp3) is 0.214. The Bertz CT molecular complexity index is 2750. The van der Waals surface area contributed by atoms with Gasteiger partial charge in [-0.15, -0.1) is 10.2 Å². The lowest BCUT2D eigenvalue weighted by molar-refractivity contribution is -2.00. The van der Waals surface area contributed by atoms with Crippen LogP contribution in [0.3, 0.4) is 0 Å². The zero-order chi connectivity index (χ0) is 49.0. The van der Waals surface area contributed by atoms with Crippen LogP contribution in [0, 0.1) is 10.2 Å². The summed E-state index contributed by atoms with van der Waals surface area (Å²) >= 11 is 0. The van der Waals surface area contributed by atoms with Crippen LogP contribution in [0.15, 0.2) is 141 Å². The SMILES string of the molecule is CC[S+](C)c1ccc(-c2c3nc(c(-c4ccc([S+](C)CC)cc4)c4ccc([nH]4)c(-c4ccc([S+](C)CC)cc4)c4nc(c(-c5ccc([S+](C)CC)cc5)c5ccc2[nH]5)C=C4)C=C3)cc1.[O-][Cl+3]([O-])([O-])[O-]. The molecule has 2 aliphatic rings. The second-order valence-corrected chi connectivity index (χ2v) is 26.7. The molecule has 4 atom stereocenters. The van der Waals surface area contributed by atoms with Gasteiger partial charge in [-0.1, -0.05) is 0 Å². The third kappa shape index (κ3) is 11.5. The van der Waals surface area contributed by atoms with E-state index in [1.807, 2.05) is 0 Å². The molecule has 0 saturated carbocycles. The summed E-state index contributed by atoms with van der Waals surface area (Å²) in [6, 6.07) is 45.6. The van der Waals surface area contributed by atoms with Gasteiger partial charge in [-0.2, -0.15) is 0 Å². The van der Waals surface area contributed by atoms with E-state index in [-0.39, 0.29) is 43.6 Å². The van der Waals surface area contributed by atoms with Gasteiger partial charge in [0.05, 0.1) is 22.8 Å². The van der Waals surface area contributed by atoms with Crippen molar-refractivity contribution >= 4 is 90.0 Å². The molecule has 0 amide bonds. The lowest BCUT2D eigenvalue weighted by Crippen LogP contribution is -2.68. The van der Waals surface area contributed by atoms with Gasteiger partial charge in [-0.3, -0.25) is 0 Å². The number of aromatic nitrogens is 4. The molecule has 13 heteroatoms. The van der Waals surface area contributed by atoms with Crippen molar-refractivity contribution < 1.29 is 28.9 Å². The van der Waals surface area contributed by atoms with Crippen molar-refractivity contribution in [3.05, 3.63) is 144 Å². The van der Waals surface area contributed by atoms with Crippen LogP contribution in [0.4, 0.5) is 0 Å². The van der Waals surface area contributed by atoms with Crippen LogP contribution in [0.5, 0.6) is 0 Å². The second-order valence-electron chi connectivity index (χ2n) is 16.7. The number of rotatable bonds is 12. The lowest BCUT2D eigenvalue weighted by atomic mass is 10.0. The summed E-state index contributed by atoms with van der Waals surface area (Å²) in [4.78, 5) is 24.5. The number of nitrogens with zero attached hydrogens (tertiary/aromatic N) is 2. The highest BCUT2D eigenvalue weighted by molar-refractivity contribution is 7.97. The first kappa shape index (κ1) is 50.4. The zero-order valence-corrected chi connectivity index (χ0v) is 44.2. The number of H-pyrrole nitrogens is 2. The Balaban J connectivity index is 0.00000122. The van der Waals surface area contributed by atoms with Crippen molar-refractivity contribution in [3.8, 4) is 44.5 Å². The third-order valence-corrected chi connectivity index (χ3v) is 20.4. The van der Waals surface area contributed by atoms with E-state index in [0.717, 1.165) is 112 Å². The minimum Gasteiger partial charge on any atom is -0.354 e. The molecular weight excluding hydrogens is 956 g/mol. The van der Waals surface area contributed by atoms with Gasteiger partial charge in [0, 0.05) is 87.9 Å². The second kappa shape index (κ2) is 22.0. The van der Waals surface area contributed by atoms with Gasteiger partial charge >= 0.3 is 0 Å². The molecule has 0 fully saturated rings. The van der Waals surface area contributed by atoms with Crippen LogP contribution in [0.25, 0.3) is 90.9 Å². The summed E-state index contributed by atoms with van der Waals surface area (Å²) < 4.78 is 34.0. The van der Waals surface area contributed by atoms with Gasteiger partial charge in [0.1, 0.15) is 48.0 Å². The Kier molecular flexibility index (Phi) is 16.0. The normalized spacial score (nSPS) is 14.0. The Hall–Kier alpha value is -4.99. The molecule has 2 N–H and O–H groups in total. The highest BCUT2D eigenvalue weighted by atomic mass is 35.7. The van der Waals surface area contributed by atoms with Gasteiger partial charge in [-0.05, 0) is 196 Å². The molecule has 354 valence electrons. The molecule has 9 rings (SSSR count). The van der Waals surface area contributed by atoms with Gasteiger partial charge in [0.25, 0.3) is 0 Å². The lowest BCUT2D eigenvalue weighted by Gasteiger charge is -2.17. The average molecular weight is 1010 g/mol. The topological polar surface area (TPSA) is 150 Å². The summed E-state index contributed by atoms with van der Waals surface area (Å²) in [6.07, 6.45) is 18.1. The van der Waals surface area contributed by atoms with Crippen molar-refractivity contribution in [3.63, 3.8) is 0 Å². The quantitative estimate of drug-likeness (QED) is 0.117. The number of benzene rings is 4. The average Bonchev–Trinajstić information content (AvgIpc) is 4.22. The molecule has 8 bridgehead atoms. The maximum Gasteiger partial charge on any atom is 0.154 e. The highest BCUT2D eigenvalue weighted by Crippen LogP contribution is 2.39. The minimum atomic E-state index is -4.94. The molecule has 7 aromatic rings. The van der Waals surface area contributed by atoms with Crippen LogP contribution in [-0.4, -0.2) is 68.0 Å². The first-order chi connectivity index (χ1) is 33.2. The van der Waals surface area contributed by atoms with Crippen molar-refractivity contribution in [2.75, 3.05) is 48.0 Å². The van der Waals surface area contributed by atoms with Gasteiger partial charge in [0.2, 0.25) is 0 Å². The Morgan fingerprint density at radius 3 is 0.710 bits per heavy atom. The minimum absolute atomic E-state index is 0.191. The molecule has 3 aromatic heterocycles. The number of hydrogen-bond donors (Lipinski definition) is 2. The first-order valence-corrected chi connectivity index (χ1v) is 31.3. The molecule has 5 heterocycles. The van der Waals surface area contributed by atoms with E-state index in [0.29, 0.717) is 0 Å². The van der Waals surface area contributed by atoms with Crippen LogP contribution >= 0.6 is 0 Å². The molecule has 0 aliphatic carbocycles. The van der Waals surface area contributed by atoms with Crippen molar-refractivity contribution in [1.29, 1.82) is 0 Å². The standard InChI is InChI=1S/C56H58N4S4.ClHO4/c1-9-61(5)41-21-13-37(14-22-41)53-45-29-31-47(57-45)54(38-15-23-42(24-16-38)62(6)10-2)49-33-35-51(59-49)56(40-19-27-44(28-20-40)64(8)12-4)52-36-34-50(60-52)55(48-32-30-46(53)58-48)39-17-25-43(26-18-39)63(7)11-3;2-1(3,4)5/h13-36,57,60H,9-12H2,1-8H3;(H,2,3,4,5)/q+4;/p-1. The summed E-state index contributed by atoms with van der Waals surface area (Å²) in [5.74, 6) is 4.50. The van der Waals surface area contributed by atoms with Crippen molar-refractivity contribution in [1.82, 2.24) is 19.9 Å². The zero-order valence-electron chi connectivity index (χ0n) is 40.2. The van der Waals surface area contributed by atoms with Gasteiger partial charge in [-0.25, -0.2) is 28.6 Å². The van der Waals surface area contributed by atoms with Crippen LogP contribution in [-0.2, 0) is 43.6 Å². The van der Waals surface area contributed by atoms with Crippen LogP contribution in [0.1, 0.15) is 50.5 Å². The predicted octanol–water partition coefficient (Wildman–Crippen LogP) is 9.08. The summed E-state index contributed by atoms with van der Waals surface area (Å²) in [5.41, 5.74) is 16.6. The molecule has 8 nitrogen and oxygen atoms in total. The summed E-state index contributed by atoms with van der Waals surface area (Å²) in [7, 11) is -4.18. The maximum absolute atomic E-state index is 8.49. The van der Waals surface area contributed by atoms with E-state index >= 15 is 0 Å². The smallest absolute Gasteiger partial charge is 0.154 e. The predicted molar refractivity (Wildman–Crippen MR) is 289 cm³/mol. The molecule has 4 aromatic carbocycles. The Morgan fingerprint density at radius 2 is 0.536 bits per heavy atom. The highest BCUT2D eigenvalue weighted by Gasteiger charge is 2.22. The molecule has 0 spiro atoms. The number of nitrogens with one attached hydrogen (secondary N) is 2. The number of halogens is 1. The van der Waals surface area contributed by atoms with E-state index in [4.69, 9.17) is 28.6 Å². The van der Waals surface area contributed by atoms with E-state index in [2.05, 4.69) is 208 Å². The first-order valence-electron chi connectivity index (χ1n) is 22.9. The fourth-order valence-electron chi connectivity index (χ4n) is 8.50. The van der Waals surface area contributed by atoms with Gasteiger partial charge < -0.3 is 9.97 Å². The van der Waals surface area contributed by atoms with E-state index in [1.165, 1.54) is 19.6 Å². The maximum atomic E-state index is 8.49. The molecule has 69 heavy (non-hydrogen) atoms. The van der Waals surface area contributed by atoms with Crippen LogP contribution in [0.2, 0.25) is 0 Å². The third-order valence-electron chi connectivity index (χ3n) is 12.7. The summed E-state index contributed by atoms with van der Waals surface area (Å²) in [6.45, 7) is 9.07. The molecular formula is C56H58ClN4O4S4+3. The van der Waals surface area contributed by atoms with Crippen molar-refractivity contribution in [2.24, 2.45) is 0 Å². The molecule has 0 saturated heterocycles. The van der Waals surface area contributed by atoms with E-state index in [9.17, 15) is 0 Å². The Morgan fingerprint density at radius 1 is 0.348 bits per heavy atom. The Labute approximate surface area is 419 Å².